The van der Waals surface area contributed by atoms with Crippen molar-refractivity contribution >= 4 is 33.0 Å². The molecule has 0 saturated carbocycles. The SMILES string of the molecule is COc1ccc(S(=O)(=O)c2c(C)cc(C)n(CC(=O)Nc3cc(Cl)ccc3C)c2=O)cc1OC. The number of aryl methyl sites for hydroxylation is 3. The lowest BCUT2D eigenvalue weighted by Crippen LogP contribution is -2.33. The Morgan fingerprint density at radius 3 is 2.29 bits per heavy atom. The zero-order chi connectivity index (χ0) is 25.2. The Labute approximate surface area is 203 Å². The van der Waals surface area contributed by atoms with E-state index in [-0.39, 0.29) is 22.8 Å². The third-order valence-electron chi connectivity index (χ3n) is 5.36. The van der Waals surface area contributed by atoms with Gasteiger partial charge in [0.15, 0.2) is 11.5 Å². The molecule has 0 spiro atoms. The number of aromatic nitrogens is 1. The van der Waals surface area contributed by atoms with E-state index in [4.69, 9.17) is 21.1 Å². The Kier molecular flexibility index (Phi) is 7.38. The first-order valence-electron chi connectivity index (χ1n) is 10.2. The molecule has 34 heavy (non-hydrogen) atoms. The Bertz CT molecular complexity index is 1430. The first-order valence-corrected chi connectivity index (χ1v) is 12.1. The fourth-order valence-corrected chi connectivity index (χ4v) is 5.34. The van der Waals surface area contributed by atoms with Gasteiger partial charge in [-0.15, -0.1) is 0 Å². The molecule has 1 N–H and O–H groups in total. The molecule has 1 heterocycles. The number of carbonyl (C=O) groups is 1. The van der Waals surface area contributed by atoms with E-state index in [2.05, 4.69) is 5.32 Å². The van der Waals surface area contributed by atoms with Gasteiger partial charge < -0.3 is 19.4 Å². The van der Waals surface area contributed by atoms with Gasteiger partial charge in [-0.2, -0.15) is 0 Å². The number of methoxy groups -OCH3 is 2. The zero-order valence-electron chi connectivity index (χ0n) is 19.4. The van der Waals surface area contributed by atoms with E-state index in [0.29, 0.717) is 22.2 Å². The van der Waals surface area contributed by atoms with E-state index in [1.807, 2.05) is 6.92 Å². The van der Waals surface area contributed by atoms with Crippen molar-refractivity contribution in [3.63, 3.8) is 0 Å². The molecule has 0 saturated heterocycles. The first-order chi connectivity index (χ1) is 16.0. The average molecular weight is 505 g/mol. The number of hydrogen-bond donors (Lipinski definition) is 1. The van der Waals surface area contributed by atoms with E-state index < -0.39 is 26.2 Å². The topological polar surface area (TPSA) is 104 Å². The van der Waals surface area contributed by atoms with Gasteiger partial charge in [0, 0.05) is 22.5 Å². The number of ether oxygens (including phenoxy) is 2. The number of benzene rings is 2. The summed E-state index contributed by atoms with van der Waals surface area (Å²) in [5.41, 5.74) is 1.24. The molecule has 1 amide bonds. The van der Waals surface area contributed by atoms with Gasteiger partial charge in [-0.25, -0.2) is 8.42 Å². The van der Waals surface area contributed by atoms with Crippen LogP contribution in [0.4, 0.5) is 5.69 Å². The molecule has 0 unspecified atom stereocenters. The molecule has 3 aromatic rings. The summed E-state index contributed by atoms with van der Waals surface area (Å²) in [4.78, 5) is 25.5. The quantitative estimate of drug-likeness (QED) is 0.523. The fourth-order valence-electron chi connectivity index (χ4n) is 3.60. The second kappa shape index (κ2) is 9.90. The van der Waals surface area contributed by atoms with Gasteiger partial charge in [-0.3, -0.25) is 9.59 Å². The van der Waals surface area contributed by atoms with Crippen LogP contribution < -0.4 is 20.3 Å². The van der Waals surface area contributed by atoms with Crippen LogP contribution in [0.25, 0.3) is 0 Å². The van der Waals surface area contributed by atoms with Crippen molar-refractivity contribution in [1.82, 2.24) is 4.57 Å². The summed E-state index contributed by atoms with van der Waals surface area (Å²) >= 11 is 6.01. The highest BCUT2D eigenvalue weighted by Crippen LogP contribution is 2.32. The highest BCUT2D eigenvalue weighted by molar-refractivity contribution is 7.91. The summed E-state index contributed by atoms with van der Waals surface area (Å²) in [7, 11) is -1.40. The number of nitrogens with one attached hydrogen (secondary N) is 1. The molecule has 0 fully saturated rings. The Hall–Kier alpha value is -3.30. The minimum Gasteiger partial charge on any atom is -0.493 e. The van der Waals surface area contributed by atoms with Crippen molar-refractivity contribution in [2.45, 2.75) is 37.1 Å². The van der Waals surface area contributed by atoms with E-state index in [1.54, 1.807) is 38.1 Å². The second-order valence-electron chi connectivity index (χ2n) is 7.72. The zero-order valence-corrected chi connectivity index (χ0v) is 21.0. The van der Waals surface area contributed by atoms with Crippen LogP contribution in [-0.2, 0) is 21.2 Å². The Balaban J connectivity index is 2.04. The number of hydrogen-bond acceptors (Lipinski definition) is 6. The number of anilines is 1. The fraction of sp³-hybridized carbons (Fsp3) is 0.250. The van der Waals surface area contributed by atoms with Crippen LogP contribution in [-0.4, -0.2) is 33.1 Å². The molecule has 180 valence electrons. The predicted molar refractivity (Wildman–Crippen MR) is 130 cm³/mol. The summed E-state index contributed by atoms with van der Waals surface area (Å²) in [5.74, 6) is 0.0753. The minimum atomic E-state index is -4.22. The van der Waals surface area contributed by atoms with Crippen LogP contribution >= 0.6 is 11.6 Å². The molecule has 1 aromatic heterocycles. The first kappa shape index (κ1) is 25.3. The van der Waals surface area contributed by atoms with Gasteiger partial charge in [0.05, 0.1) is 19.1 Å². The lowest BCUT2D eigenvalue weighted by Gasteiger charge is -2.16. The van der Waals surface area contributed by atoms with Gasteiger partial charge in [0.2, 0.25) is 15.7 Å². The molecular weight excluding hydrogens is 480 g/mol. The average Bonchev–Trinajstić information content (AvgIpc) is 2.78. The molecule has 0 atom stereocenters. The van der Waals surface area contributed by atoms with E-state index in [1.165, 1.54) is 32.4 Å². The lowest BCUT2D eigenvalue weighted by molar-refractivity contribution is -0.116. The highest BCUT2D eigenvalue weighted by Gasteiger charge is 2.27. The van der Waals surface area contributed by atoms with Crippen molar-refractivity contribution in [3.8, 4) is 11.5 Å². The monoisotopic (exact) mass is 504 g/mol. The van der Waals surface area contributed by atoms with Crippen molar-refractivity contribution in [1.29, 1.82) is 0 Å². The van der Waals surface area contributed by atoms with Gasteiger partial charge >= 0.3 is 0 Å². The molecule has 8 nitrogen and oxygen atoms in total. The van der Waals surface area contributed by atoms with Gasteiger partial charge in [-0.05, 0) is 62.2 Å². The number of halogens is 1. The van der Waals surface area contributed by atoms with E-state index in [9.17, 15) is 18.0 Å². The second-order valence-corrected chi connectivity index (χ2v) is 10.0. The van der Waals surface area contributed by atoms with Crippen LogP contribution in [0, 0.1) is 20.8 Å². The number of rotatable bonds is 7. The van der Waals surface area contributed by atoms with Gasteiger partial charge in [-0.1, -0.05) is 17.7 Å². The van der Waals surface area contributed by atoms with Gasteiger partial charge in [0.1, 0.15) is 11.4 Å². The number of carbonyl (C=O) groups excluding carboxylic acids is 1. The van der Waals surface area contributed by atoms with E-state index >= 15 is 0 Å². The Morgan fingerprint density at radius 1 is 0.971 bits per heavy atom. The predicted octanol–water partition coefficient (Wildman–Crippen LogP) is 3.92. The van der Waals surface area contributed by atoms with Crippen LogP contribution in [0.15, 0.2) is 57.1 Å². The molecule has 0 aliphatic heterocycles. The number of pyridine rings is 1. The summed E-state index contributed by atoms with van der Waals surface area (Å²) < 4.78 is 38.4. The molecule has 0 aliphatic rings. The molecule has 2 aromatic carbocycles. The Morgan fingerprint density at radius 2 is 1.65 bits per heavy atom. The molecule has 10 heteroatoms. The van der Waals surface area contributed by atoms with Crippen LogP contribution in [0.1, 0.15) is 16.8 Å². The maximum absolute atomic E-state index is 13.4. The number of amides is 1. The van der Waals surface area contributed by atoms with E-state index in [0.717, 1.165) is 10.1 Å². The molecule has 0 bridgehead atoms. The highest BCUT2D eigenvalue weighted by atomic mass is 35.5. The van der Waals surface area contributed by atoms with Crippen molar-refractivity contribution in [2.75, 3.05) is 19.5 Å². The van der Waals surface area contributed by atoms with Crippen molar-refractivity contribution in [2.24, 2.45) is 0 Å². The number of nitrogens with zero attached hydrogens (tertiary/aromatic N) is 1. The largest absolute Gasteiger partial charge is 0.493 e. The summed E-state index contributed by atoms with van der Waals surface area (Å²) in [6, 6.07) is 10.7. The molecule has 0 radical (unpaired) electrons. The normalized spacial score (nSPS) is 11.2. The molecule has 0 aliphatic carbocycles. The van der Waals surface area contributed by atoms with Crippen LogP contribution in [0.5, 0.6) is 11.5 Å². The third-order valence-corrected chi connectivity index (χ3v) is 7.50. The van der Waals surface area contributed by atoms with Crippen LogP contribution in [0.3, 0.4) is 0 Å². The molecular formula is C24H25ClN2O6S. The maximum atomic E-state index is 13.4. The summed E-state index contributed by atoms with van der Waals surface area (Å²) in [6.07, 6.45) is 0. The van der Waals surface area contributed by atoms with Crippen molar-refractivity contribution < 1.29 is 22.7 Å². The summed E-state index contributed by atoms with van der Waals surface area (Å²) in [5, 5.41) is 3.17. The van der Waals surface area contributed by atoms with Crippen LogP contribution in [0.2, 0.25) is 5.02 Å². The standard InChI is InChI=1S/C24H25ClN2O6S/c1-14-6-7-17(25)11-19(14)26-22(28)13-27-16(3)10-15(2)23(24(27)29)34(30,31)18-8-9-20(32-4)21(12-18)33-5/h6-12H,13H2,1-5H3,(H,26,28). The van der Waals surface area contributed by atoms with Crippen molar-refractivity contribution in [3.05, 3.63) is 74.7 Å². The third kappa shape index (κ3) is 4.95. The minimum absolute atomic E-state index is 0.125. The smallest absolute Gasteiger partial charge is 0.270 e. The lowest BCUT2D eigenvalue weighted by atomic mass is 10.2. The number of sulfone groups is 1. The molecule has 3 rings (SSSR count). The summed E-state index contributed by atoms with van der Waals surface area (Å²) in [6.45, 7) is 4.62. The maximum Gasteiger partial charge on any atom is 0.270 e. The van der Waals surface area contributed by atoms with Gasteiger partial charge in [0.25, 0.3) is 5.56 Å².